The van der Waals surface area contributed by atoms with Gasteiger partial charge in [-0.15, -0.1) is 0 Å². The maximum absolute atomic E-state index is 5.38. The lowest BCUT2D eigenvalue weighted by Gasteiger charge is -2.27. The van der Waals surface area contributed by atoms with Gasteiger partial charge in [-0.3, -0.25) is 4.90 Å². The van der Waals surface area contributed by atoms with E-state index in [-0.39, 0.29) is 0 Å². The molecule has 0 aromatic carbocycles. The van der Waals surface area contributed by atoms with Gasteiger partial charge in [0.05, 0.1) is 18.9 Å². The van der Waals surface area contributed by atoms with Gasteiger partial charge in [0, 0.05) is 51.4 Å². The van der Waals surface area contributed by atoms with Crippen molar-refractivity contribution in [3.05, 3.63) is 17.2 Å². The number of aryl methyl sites for hydroxylation is 1. The zero-order valence-electron chi connectivity index (χ0n) is 11.1. The minimum Gasteiger partial charge on any atom is -0.379 e. The summed E-state index contributed by atoms with van der Waals surface area (Å²) in [6.07, 6.45) is 1.11. The topological polar surface area (TPSA) is 42.3 Å². The first-order valence-electron chi connectivity index (χ1n) is 6.90. The summed E-state index contributed by atoms with van der Waals surface area (Å²) in [6, 6.07) is 0. The predicted octanol–water partition coefficient (Wildman–Crippen LogP) is 0.169. The molecule has 3 rings (SSSR count). The molecule has 2 aliphatic rings. The Morgan fingerprint density at radius 3 is 2.94 bits per heavy atom. The zero-order chi connectivity index (χ0) is 12.4. The summed E-state index contributed by atoms with van der Waals surface area (Å²) < 4.78 is 7.79. The SMILES string of the molecule is Cc1nc2c(n1CCN1CCOCC1)CCNC2. The summed E-state index contributed by atoms with van der Waals surface area (Å²) in [5, 5.41) is 3.38. The van der Waals surface area contributed by atoms with Gasteiger partial charge in [0.25, 0.3) is 0 Å². The number of nitrogens with zero attached hydrogens (tertiary/aromatic N) is 3. The van der Waals surface area contributed by atoms with Gasteiger partial charge >= 0.3 is 0 Å². The summed E-state index contributed by atoms with van der Waals surface area (Å²) in [5.74, 6) is 1.16. The summed E-state index contributed by atoms with van der Waals surface area (Å²) in [5.41, 5.74) is 2.69. The molecule has 5 heteroatoms. The fraction of sp³-hybridized carbons (Fsp3) is 0.769. The Bertz CT molecular complexity index is 409. The molecule has 3 heterocycles. The van der Waals surface area contributed by atoms with E-state index >= 15 is 0 Å². The van der Waals surface area contributed by atoms with E-state index in [2.05, 4.69) is 26.7 Å². The van der Waals surface area contributed by atoms with Gasteiger partial charge in [-0.25, -0.2) is 4.98 Å². The van der Waals surface area contributed by atoms with Crippen LogP contribution < -0.4 is 5.32 Å². The first-order chi connectivity index (χ1) is 8.84. The molecule has 0 spiro atoms. The van der Waals surface area contributed by atoms with Crippen LogP contribution in [0, 0.1) is 6.92 Å². The predicted molar refractivity (Wildman–Crippen MR) is 69.6 cm³/mol. The third-order valence-electron chi connectivity index (χ3n) is 3.92. The van der Waals surface area contributed by atoms with Crippen molar-refractivity contribution in [2.24, 2.45) is 0 Å². The van der Waals surface area contributed by atoms with E-state index < -0.39 is 0 Å². The number of hydrogen-bond acceptors (Lipinski definition) is 4. The molecule has 1 N–H and O–H groups in total. The van der Waals surface area contributed by atoms with E-state index in [9.17, 15) is 0 Å². The Labute approximate surface area is 108 Å². The van der Waals surface area contributed by atoms with Crippen LogP contribution >= 0.6 is 0 Å². The van der Waals surface area contributed by atoms with Crippen molar-refractivity contribution < 1.29 is 4.74 Å². The second kappa shape index (κ2) is 5.38. The molecule has 0 aliphatic carbocycles. The lowest BCUT2D eigenvalue weighted by Crippen LogP contribution is -2.38. The van der Waals surface area contributed by atoms with Crippen LogP contribution in [0.2, 0.25) is 0 Å². The fourth-order valence-corrected chi connectivity index (χ4v) is 2.87. The van der Waals surface area contributed by atoms with Crippen molar-refractivity contribution in [2.75, 3.05) is 39.4 Å². The smallest absolute Gasteiger partial charge is 0.106 e. The Hall–Kier alpha value is -0.910. The average Bonchev–Trinajstić information content (AvgIpc) is 2.73. The highest BCUT2D eigenvalue weighted by atomic mass is 16.5. The Morgan fingerprint density at radius 2 is 2.11 bits per heavy atom. The molecule has 0 unspecified atom stereocenters. The van der Waals surface area contributed by atoms with Crippen molar-refractivity contribution >= 4 is 0 Å². The molecule has 1 saturated heterocycles. The molecule has 0 atom stereocenters. The number of fused-ring (bicyclic) bond motifs is 1. The zero-order valence-corrected chi connectivity index (χ0v) is 11.1. The highest BCUT2D eigenvalue weighted by Crippen LogP contribution is 2.15. The van der Waals surface area contributed by atoms with E-state index in [1.165, 1.54) is 11.4 Å². The molecule has 18 heavy (non-hydrogen) atoms. The molecular weight excluding hydrogens is 228 g/mol. The van der Waals surface area contributed by atoms with Crippen molar-refractivity contribution in [3.63, 3.8) is 0 Å². The minimum absolute atomic E-state index is 0.880. The third-order valence-corrected chi connectivity index (χ3v) is 3.92. The summed E-state index contributed by atoms with van der Waals surface area (Å²) >= 11 is 0. The van der Waals surface area contributed by atoms with Crippen molar-refractivity contribution in [1.82, 2.24) is 19.8 Å². The highest BCUT2D eigenvalue weighted by molar-refractivity contribution is 5.19. The van der Waals surface area contributed by atoms with Crippen LogP contribution in [-0.2, 0) is 24.2 Å². The molecule has 1 aromatic rings. The van der Waals surface area contributed by atoms with Crippen LogP contribution in [-0.4, -0.2) is 53.8 Å². The summed E-state index contributed by atoms with van der Waals surface area (Å²) in [4.78, 5) is 7.15. The van der Waals surface area contributed by atoms with Crippen LogP contribution in [0.15, 0.2) is 0 Å². The van der Waals surface area contributed by atoms with Gasteiger partial charge in [-0.05, 0) is 6.92 Å². The number of imidazole rings is 1. The average molecular weight is 250 g/mol. The third kappa shape index (κ3) is 2.43. The van der Waals surface area contributed by atoms with Crippen LogP contribution in [0.4, 0.5) is 0 Å². The molecule has 0 amide bonds. The number of hydrogen-bond donors (Lipinski definition) is 1. The van der Waals surface area contributed by atoms with Gasteiger partial charge in [0.2, 0.25) is 0 Å². The van der Waals surface area contributed by atoms with Crippen LogP contribution in [0.5, 0.6) is 0 Å². The highest BCUT2D eigenvalue weighted by Gasteiger charge is 2.18. The summed E-state index contributed by atoms with van der Waals surface area (Å²) in [7, 11) is 0. The van der Waals surface area contributed by atoms with Crippen LogP contribution in [0.3, 0.4) is 0 Å². The van der Waals surface area contributed by atoms with E-state index in [1.54, 1.807) is 0 Å². The number of rotatable bonds is 3. The molecule has 1 fully saturated rings. The van der Waals surface area contributed by atoms with Crippen molar-refractivity contribution in [1.29, 1.82) is 0 Å². The van der Waals surface area contributed by atoms with Crippen LogP contribution in [0.25, 0.3) is 0 Å². The Balaban J connectivity index is 1.66. The molecular formula is C13H22N4O. The maximum Gasteiger partial charge on any atom is 0.106 e. The van der Waals surface area contributed by atoms with Crippen molar-refractivity contribution in [2.45, 2.75) is 26.4 Å². The first kappa shape index (κ1) is 12.1. The number of ether oxygens (including phenoxy) is 1. The molecule has 100 valence electrons. The Kier molecular flexibility index (Phi) is 3.63. The van der Waals surface area contributed by atoms with E-state index in [0.717, 1.165) is 64.7 Å². The standard InChI is InChI=1S/C13H22N4O/c1-11-15-12-10-14-3-2-13(12)17(11)5-4-16-6-8-18-9-7-16/h14H,2-10H2,1H3. The number of aromatic nitrogens is 2. The van der Waals surface area contributed by atoms with E-state index in [1.807, 2.05) is 0 Å². The van der Waals surface area contributed by atoms with E-state index in [0.29, 0.717) is 0 Å². The largest absolute Gasteiger partial charge is 0.379 e. The second-order valence-corrected chi connectivity index (χ2v) is 5.08. The molecule has 0 bridgehead atoms. The molecule has 0 saturated carbocycles. The van der Waals surface area contributed by atoms with Crippen LogP contribution in [0.1, 0.15) is 17.2 Å². The maximum atomic E-state index is 5.38. The van der Waals surface area contributed by atoms with Gasteiger partial charge in [-0.2, -0.15) is 0 Å². The molecule has 0 radical (unpaired) electrons. The minimum atomic E-state index is 0.880. The molecule has 1 aromatic heterocycles. The molecule has 2 aliphatic heterocycles. The lowest BCUT2D eigenvalue weighted by molar-refractivity contribution is 0.0362. The monoisotopic (exact) mass is 250 g/mol. The van der Waals surface area contributed by atoms with Crippen molar-refractivity contribution in [3.8, 4) is 0 Å². The van der Waals surface area contributed by atoms with E-state index in [4.69, 9.17) is 4.74 Å². The number of morpholine rings is 1. The normalized spacial score (nSPS) is 20.9. The first-order valence-corrected chi connectivity index (χ1v) is 6.90. The lowest BCUT2D eigenvalue weighted by atomic mass is 10.2. The van der Waals surface area contributed by atoms with Gasteiger partial charge < -0.3 is 14.6 Å². The molecule has 5 nitrogen and oxygen atoms in total. The number of nitrogens with one attached hydrogen (secondary N) is 1. The summed E-state index contributed by atoms with van der Waals surface area (Å²) in [6.45, 7) is 10.2. The second-order valence-electron chi connectivity index (χ2n) is 5.08. The van der Waals surface area contributed by atoms with Gasteiger partial charge in [-0.1, -0.05) is 0 Å². The Morgan fingerprint density at radius 1 is 1.28 bits per heavy atom. The quantitative estimate of drug-likeness (QED) is 0.830. The van der Waals surface area contributed by atoms with Gasteiger partial charge in [0.15, 0.2) is 0 Å². The van der Waals surface area contributed by atoms with Gasteiger partial charge in [0.1, 0.15) is 5.82 Å². The fourth-order valence-electron chi connectivity index (χ4n) is 2.87.